The van der Waals surface area contributed by atoms with Crippen molar-refractivity contribution in [1.82, 2.24) is 4.72 Å². The normalized spacial score (nSPS) is 17.5. The highest BCUT2D eigenvalue weighted by Crippen LogP contribution is 2.29. The molecule has 3 aromatic rings. The number of anilines is 1. The largest absolute Gasteiger partial charge is 0.466 e. The molecule has 0 radical (unpaired) electrons. The van der Waals surface area contributed by atoms with Crippen molar-refractivity contribution < 1.29 is 26.4 Å². The van der Waals surface area contributed by atoms with E-state index in [9.17, 15) is 21.9 Å². The molecule has 0 saturated carbocycles. The first-order valence-electron chi connectivity index (χ1n) is 9.66. The van der Waals surface area contributed by atoms with Crippen LogP contribution in [0.15, 0.2) is 64.1 Å². The number of nitrogens with one attached hydrogen (secondary N) is 1. The van der Waals surface area contributed by atoms with Crippen LogP contribution in [0.4, 0.5) is 5.69 Å². The minimum atomic E-state index is -3.78. The van der Waals surface area contributed by atoms with E-state index in [1.165, 1.54) is 46.2 Å². The summed E-state index contributed by atoms with van der Waals surface area (Å²) in [4.78, 5) is 1.44. The minimum Gasteiger partial charge on any atom is -0.466 e. The van der Waals surface area contributed by atoms with Crippen LogP contribution < -0.4 is 9.03 Å². The number of nitrogens with zero attached hydrogens (tertiary/aromatic N) is 1. The second-order valence-electron chi connectivity index (χ2n) is 7.14. The lowest BCUT2D eigenvalue weighted by Crippen LogP contribution is -2.37. The van der Waals surface area contributed by atoms with Crippen molar-refractivity contribution in [2.45, 2.75) is 30.4 Å². The van der Waals surface area contributed by atoms with Gasteiger partial charge in [0.25, 0.3) is 0 Å². The Morgan fingerprint density at radius 3 is 2.58 bits per heavy atom. The van der Waals surface area contributed by atoms with Gasteiger partial charge in [-0.3, -0.25) is 4.31 Å². The Kier molecular flexibility index (Phi) is 6.22. The standard InChI is InChI=1S/C20H22N2O6S3/c23-20(18-4-3-12-28-18)19-10-7-16(29-19)14-21-31(26,27)17-8-5-15(6-9-17)22-11-1-2-13-30(22,24)25/h3-10,12,20-21,23H,1-2,11,13-14H2/t20-/m1/s1. The highest BCUT2D eigenvalue weighted by Gasteiger charge is 2.26. The molecule has 1 saturated heterocycles. The van der Waals surface area contributed by atoms with Gasteiger partial charge in [-0.25, -0.2) is 21.6 Å². The molecule has 0 spiro atoms. The predicted octanol–water partition coefficient (Wildman–Crippen LogP) is 2.83. The molecular weight excluding hydrogens is 460 g/mol. The summed E-state index contributed by atoms with van der Waals surface area (Å²) in [7, 11) is -7.13. The Balaban J connectivity index is 1.42. The fourth-order valence-corrected chi connectivity index (χ4v) is 7.03. The summed E-state index contributed by atoms with van der Waals surface area (Å²) in [6, 6.07) is 12.7. The van der Waals surface area contributed by atoms with Gasteiger partial charge < -0.3 is 9.52 Å². The fourth-order valence-electron chi connectivity index (χ4n) is 3.34. The molecule has 1 fully saturated rings. The van der Waals surface area contributed by atoms with E-state index in [1.54, 1.807) is 24.3 Å². The monoisotopic (exact) mass is 482 g/mol. The lowest BCUT2D eigenvalue weighted by atomic mass is 10.2. The zero-order chi connectivity index (χ0) is 22.1. The van der Waals surface area contributed by atoms with Crippen LogP contribution in [0.25, 0.3) is 0 Å². The Hall–Kier alpha value is -2.18. The number of furan rings is 1. The zero-order valence-electron chi connectivity index (χ0n) is 16.5. The summed E-state index contributed by atoms with van der Waals surface area (Å²) in [6.45, 7) is 0.470. The summed E-state index contributed by atoms with van der Waals surface area (Å²) in [5.74, 6) is 0.524. The number of benzene rings is 1. The van der Waals surface area contributed by atoms with Crippen molar-refractivity contribution in [3.63, 3.8) is 0 Å². The Labute approximate surface area is 185 Å². The van der Waals surface area contributed by atoms with Gasteiger partial charge in [-0.05, 0) is 61.4 Å². The zero-order valence-corrected chi connectivity index (χ0v) is 18.9. The van der Waals surface area contributed by atoms with Crippen molar-refractivity contribution in [1.29, 1.82) is 0 Å². The molecule has 166 valence electrons. The average Bonchev–Trinajstić information content (AvgIpc) is 3.44. The minimum absolute atomic E-state index is 0.0538. The third kappa shape index (κ3) is 4.85. The fraction of sp³-hybridized carbons (Fsp3) is 0.300. The van der Waals surface area contributed by atoms with Gasteiger partial charge in [0, 0.05) is 22.8 Å². The van der Waals surface area contributed by atoms with Crippen molar-refractivity contribution in [3.05, 3.63) is 70.3 Å². The molecule has 2 N–H and O–H groups in total. The average molecular weight is 483 g/mol. The highest BCUT2D eigenvalue weighted by molar-refractivity contribution is 7.92. The molecule has 4 rings (SSSR count). The lowest BCUT2D eigenvalue weighted by molar-refractivity contribution is 0.193. The van der Waals surface area contributed by atoms with Gasteiger partial charge in [-0.15, -0.1) is 11.3 Å². The van der Waals surface area contributed by atoms with Crippen LogP contribution in [-0.4, -0.2) is 34.2 Å². The van der Waals surface area contributed by atoms with E-state index in [2.05, 4.69) is 4.72 Å². The quantitative estimate of drug-likeness (QED) is 0.535. The molecule has 0 amide bonds. The third-order valence-corrected chi connectivity index (χ3v) is 9.41. The van der Waals surface area contributed by atoms with Crippen LogP contribution in [0.3, 0.4) is 0 Å². The van der Waals surface area contributed by atoms with E-state index >= 15 is 0 Å². The Morgan fingerprint density at radius 1 is 1.13 bits per heavy atom. The second-order valence-corrected chi connectivity index (χ2v) is 12.1. The van der Waals surface area contributed by atoms with Crippen LogP contribution in [0.1, 0.15) is 34.5 Å². The molecule has 1 aliphatic heterocycles. The molecule has 2 aromatic heterocycles. The third-order valence-electron chi connectivity index (χ3n) is 4.99. The van der Waals surface area contributed by atoms with Gasteiger partial charge in [-0.2, -0.15) is 0 Å². The van der Waals surface area contributed by atoms with Crippen LogP contribution in [0, 0.1) is 0 Å². The van der Waals surface area contributed by atoms with Crippen LogP contribution in [0.5, 0.6) is 0 Å². The summed E-state index contributed by atoms with van der Waals surface area (Å²) >= 11 is 1.29. The first-order valence-corrected chi connectivity index (χ1v) is 13.6. The molecule has 31 heavy (non-hydrogen) atoms. The Bertz CT molecular complexity index is 1230. The Morgan fingerprint density at radius 2 is 1.90 bits per heavy atom. The maximum absolute atomic E-state index is 12.6. The van der Waals surface area contributed by atoms with E-state index in [0.29, 0.717) is 29.3 Å². The van der Waals surface area contributed by atoms with Gasteiger partial charge in [-0.1, -0.05) is 0 Å². The van der Waals surface area contributed by atoms with Gasteiger partial charge in [0.15, 0.2) is 0 Å². The van der Waals surface area contributed by atoms with E-state index < -0.39 is 26.2 Å². The number of aliphatic hydroxyl groups excluding tert-OH is 1. The molecule has 3 heterocycles. The molecular formula is C20H22N2O6S3. The second kappa shape index (κ2) is 8.75. The SMILES string of the molecule is O=S(=O)(NCc1ccc([C@H](O)c2ccco2)s1)c1ccc(N2CCCCS2(=O)=O)cc1. The molecule has 1 aliphatic rings. The summed E-state index contributed by atoms with van der Waals surface area (Å²) < 4.78 is 58.8. The van der Waals surface area contributed by atoms with Gasteiger partial charge in [0.05, 0.1) is 22.6 Å². The lowest BCUT2D eigenvalue weighted by Gasteiger charge is -2.28. The molecule has 1 aromatic carbocycles. The van der Waals surface area contributed by atoms with Crippen molar-refractivity contribution in [3.8, 4) is 0 Å². The highest BCUT2D eigenvalue weighted by atomic mass is 32.2. The number of hydrogen-bond donors (Lipinski definition) is 2. The molecule has 11 heteroatoms. The first kappa shape index (κ1) is 22.0. The van der Waals surface area contributed by atoms with E-state index in [0.717, 1.165) is 11.3 Å². The van der Waals surface area contributed by atoms with E-state index in [-0.39, 0.29) is 17.2 Å². The van der Waals surface area contributed by atoms with Gasteiger partial charge >= 0.3 is 0 Å². The maximum Gasteiger partial charge on any atom is 0.240 e. The number of sulfonamides is 2. The van der Waals surface area contributed by atoms with E-state index in [4.69, 9.17) is 4.42 Å². The molecule has 0 unspecified atom stereocenters. The van der Waals surface area contributed by atoms with Crippen molar-refractivity contribution in [2.75, 3.05) is 16.6 Å². The number of hydrogen-bond acceptors (Lipinski definition) is 7. The molecule has 8 nitrogen and oxygen atoms in total. The predicted molar refractivity (Wildman–Crippen MR) is 118 cm³/mol. The molecule has 0 bridgehead atoms. The van der Waals surface area contributed by atoms with Crippen LogP contribution >= 0.6 is 11.3 Å². The van der Waals surface area contributed by atoms with Gasteiger partial charge in [0.1, 0.15) is 11.9 Å². The van der Waals surface area contributed by atoms with E-state index in [1.807, 2.05) is 0 Å². The van der Waals surface area contributed by atoms with Gasteiger partial charge in [0.2, 0.25) is 20.0 Å². The summed E-state index contributed by atoms with van der Waals surface area (Å²) in [5.41, 5.74) is 0.466. The number of aliphatic hydroxyl groups is 1. The smallest absolute Gasteiger partial charge is 0.240 e. The molecule has 1 atom stereocenters. The topological polar surface area (TPSA) is 117 Å². The molecule has 0 aliphatic carbocycles. The van der Waals surface area contributed by atoms with Crippen LogP contribution in [-0.2, 0) is 26.6 Å². The van der Waals surface area contributed by atoms with Crippen LogP contribution in [0.2, 0.25) is 0 Å². The summed E-state index contributed by atoms with van der Waals surface area (Å²) in [6.07, 6.45) is 1.99. The van der Waals surface area contributed by atoms with Crippen molar-refractivity contribution in [2.24, 2.45) is 0 Å². The number of thiophene rings is 1. The maximum atomic E-state index is 12.6. The summed E-state index contributed by atoms with van der Waals surface area (Å²) in [5, 5.41) is 10.3. The van der Waals surface area contributed by atoms with Crippen molar-refractivity contribution >= 4 is 37.1 Å². The number of rotatable bonds is 7. The first-order chi connectivity index (χ1) is 14.8.